The molecule has 136 valence electrons. The third-order valence-corrected chi connectivity index (χ3v) is 4.25. The Balaban J connectivity index is 2.47. The van der Waals surface area contributed by atoms with Crippen LogP contribution in [-0.4, -0.2) is 34.2 Å². The lowest BCUT2D eigenvalue weighted by Crippen LogP contribution is -2.18. The number of hydrogen-bond acceptors (Lipinski definition) is 5. The lowest BCUT2D eigenvalue weighted by molar-refractivity contribution is -0.275. The van der Waals surface area contributed by atoms with E-state index in [0.29, 0.717) is 11.1 Å². The normalized spacial score (nSPS) is 12.0. The topological polar surface area (TPSA) is 78.6 Å². The zero-order valence-electron chi connectivity index (χ0n) is 13.2. The maximum atomic E-state index is 12.6. The Labute approximate surface area is 143 Å². The smallest absolute Gasteiger partial charge is 0.488 e. The molecule has 0 amide bonds. The van der Waals surface area contributed by atoms with E-state index in [9.17, 15) is 21.6 Å². The highest BCUT2D eigenvalue weighted by atomic mass is 32.2. The van der Waals surface area contributed by atoms with Crippen LogP contribution >= 0.6 is 0 Å². The van der Waals surface area contributed by atoms with Gasteiger partial charge in [0.25, 0.3) is 0 Å². The van der Waals surface area contributed by atoms with E-state index < -0.39 is 21.9 Å². The molecule has 9 heteroatoms. The Morgan fingerprint density at radius 1 is 1.04 bits per heavy atom. The van der Waals surface area contributed by atoms with Crippen LogP contribution in [0.1, 0.15) is 0 Å². The molecule has 2 rings (SSSR count). The van der Waals surface area contributed by atoms with Gasteiger partial charge in [0.1, 0.15) is 6.61 Å². The third kappa shape index (κ3) is 5.36. The SMILES string of the molecule is CS(=O)(=O)c1cccc(-c2ccc(OCCN)c(OC(F)(F)F)c2)c1. The Morgan fingerprint density at radius 3 is 2.32 bits per heavy atom. The Hall–Kier alpha value is -2.26. The summed E-state index contributed by atoms with van der Waals surface area (Å²) in [5.41, 5.74) is 6.07. The predicted molar refractivity (Wildman–Crippen MR) is 86.2 cm³/mol. The second-order valence-electron chi connectivity index (χ2n) is 5.15. The molecule has 0 unspecified atom stereocenters. The van der Waals surface area contributed by atoms with Gasteiger partial charge in [-0.1, -0.05) is 18.2 Å². The highest BCUT2D eigenvalue weighted by molar-refractivity contribution is 7.90. The zero-order valence-corrected chi connectivity index (χ0v) is 14.0. The average Bonchev–Trinajstić information content (AvgIpc) is 2.51. The largest absolute Gasteiger partial charge is 0.573 e. The molecule has 0 aromatic heterocycles. The Bertz CT molecular complexity index is 851. The first-order valence-corrected chi connectivity index (χ1v) is 9.02. The number of ether oxygens (including phenoxy) is 2. The minimum Gasteiger partial charge on any atom is -0.488 e. The van der Waals surface area contributed by atoms with E-state index in [-0.39, 0.29) is 23.8 Å². The Morgan fingerprint density at radius 2 is 1.72 bits per heavy atom. The van der Waals surface area contributed by atoms with Crippen LogP contribution in [0.4, 0.5) is 13.2 Å². The van der Waals surface area contributed by atoms with Crippen LogP contribution in [0.3, 0.4) is 0 Å². The molecule has 0 spiro atoms. The van der Waals surface area contributed by atoms with Crippen LogP contribution in [0.2, 0.25) is 0 Å². The predicted octanol–water partition coefficient (Wildman–Crippen LogP) is 2.99. The maximum Gasteiger partial charge on any atom is 0.573 e. The van der Waals surface area contributed by atoms with E-state index in [1.54, 1.807) is 6.07 Å². The molecule has 0 heterocycles. The number of alkyl halides is 3. The number of nitrogens with two attached hydrogens (primary N) is 1. The summed E-state index contributed by atoms with van der Waals surface area (Å²) >= 11 is 0. The molecule has 0 fully saturated rings. The number of hydrogen-bond donors (Lipinski definition) is 1. The standard InChI is InChI=1S/C16H16F3NO4S/c1-25(21,22)13-4-2-3-11(9-13)12-5-6-14(23-8-7-20)15(10-12)24-16(17,18)19/h2-6,9-10H,7-8,20H2,1H3. The average molecular weight is 375 g/mol. The van der Waals surface area contributed by atoms with Gasteiger partial charge in [-0.2, -0.15) is 0 Å². The zero-order chi connectivity index (χ0) is 18.7. The first kappa shape index (κ1) is 19.1. The highest BCUT2D eigenvalue weighted by Crippen LogP contribution is 2.36. The highest BCUT2D eigenvalue weighted by Gasteiger charge is 2.32. The van der Waals surface area contributed by atoms with Crippen molar-refractivity contribution in [3.05, 3.63) is 42.5 Å². The molecule has 0 bridgehead atoms. The molecular weight excluding hydrogens is 359 g/mol. The molecule has 5 nitrogen and oxygen atoms in total. The van der Waals surface area contributed by atoms with Crippen molar-refractivity contribution >= 4 is 9.84 Å². The van der Waals surface area contributed by atoms with Crippen molar-refractivity contribution in [1.82, 2.24) is 0 Å². The number of halogens is 3. The molecule has 0 aliphatic heterocycles. The van der Waals surface area contributed by atoms with Gasteiger partial charge in [0.05, 0.1) is 4.90 Å². The minimum atomic E-state index is -4.89. The van der Waals surface area contributed by atoms with E-state index >= 15 is 0 Å². The number of sulfone groups is 1. The van der Waals surface area contributed by atoms with Gasteiger partial charge in [0.2, 0.25) is 0 Å². The first-order valence-electron chi connectivity index (χ1n) is 7.13. The molecular formula is C16H16F3NO4S. The van der Waals surface area contributed by atoms with Gasteiger partial charge in [0, 0.05) is 12.8 Å². The minimum absolute atomic E-state index is 0.0249. The molecule has 0 atom stereocenters. The summed E-state index contributed by atoms with van der Waals surface area (Å²) in [6.07, 6.45) is -3.85. The van der Waals surface area contributed by atoms with E-state index in [1.807, 2.05) is 0 Å². The van der Waals surface area contributed by atoms with E-state index in [4.69, 9.17) is 10.5 Å². The molecule has 2 N–H and O–H groups in total. The monoisotopic (exact) mass is 375 g/mol. The summed E-state index contributed by atoms with van der Waals surface area (Å²) < 4.78 is 70.3. The lowest BCUT2D eigenvalue weighted by Gasteiger charge is -2.15. The van der Waals surface area contributed by atoms with Gasteiger partial charge >= 0.3 is 6.36 Å². The molecule has 0 aliphatic rings. The van der Waals surface area contributed by atoms with Crippen LogP contribution in [0.5, 0.6) is 11.5 Å². The van der Waals surface area contributed by atoms with E-state index in [2.05, 4.69) is 4.74 Å². The molecule has 25 heavy (non-hydrogen) atoms. The van der Waals surface area contributed by atoms with Crippen molar-refractivity contribution in [1.29, 1.82) is 0 Å². The fourth-order valence-corrected chi connectivity index (χ4v) is 2.75. The first-order chi connectivity index (χ1) is 11.6. The summed E-state index contributed by atoms with van der Waals surface area (Å²) in [5, 5.41) is 0. The van der Waals surface area contributed by atoms with E-state index in [1.165, 1.54) is 30.3 Å². The van der Waals surface area contributed by atoms with Gasteiger partial charge in [0.15, 0.2) is 21.3 Å². The van der Waals surface area contributed by atoms with Gasteiger partial charge in [-0.15, -0.1) is 13.2 Å². The molecule has 0 radical (unpaired) electrons. The van der Waals surface area contributed by atoms with Crippen LogP contribution in [0, 0.1) is 0 Å². The molecule has 0 saturated carbocycles. The maximum absolute atomic E-state index is 12.6. The molecule has 0 aliphatic carbocycles. The van der Waals surface area contributed by atoms with Gasteiger partial charge in [-0.3, -0.25) is 0 Å². The van der Waals surface area contributed by atoms with Gasteiger partial charge < -0.3 is 15.2 Å². The second-order valence-corrected chi connectivity index (χ2v) is 7.16. The van der Waals surface area contributed by atoms with Crippen LogP contribution in [-0.2, 0) is 9.84 Å². The summed E-state index contributed by atoms with van der Waals surface area (Å²) in [6, 6.07) is 9.85. The summed E-state index contributed by atoms with van der Waals surface area (Å²) in [4.78, 5) is 0.0618. The molecule has 0 saturated heterocycles. The quantitative estimate of drug-likeness (QED) is 0.840. The molecule has 2 aromatic carbocycles. The van der Waals surface area contributed by atoms with Crippen molar-refractivity contribution in [2.45, 2.75) is 11.3 Å². The summed E-state index contributed by atoms with van der Waals surface area (Å²) in [6.45, 7) is 0.154. The van der Waals surface area contributed by atoms with Crippen LogP contribution < -0.4 is 15.2 Å². The second kappa shape index (κ2) is 7.32. The van der Waals surface area contributed by atoms with Crippen molar-refractivity contribution in [3.63, 3.8) is 0 Å². The third-order valence-electron chi connectivity index (χ3n) is 3.14. The van der Waals surface area contributed by atoms with Crippen molar-refractivity contribution in [3.8, 4) is 22.6 Å². The fourth-order valence-electron chi connectivity index (χ4n) is 2.09. The number of rotatable bonds is 6. The van der Waals surface area contributed by atoms with Crippen molar-refractivity contribution in [2.24, 2.45) is 5.73 Å². The Kier molecular flexibility index (Phi) is 5.58. The van der Waals surface area contributed by atoms with Crippen LogP contribution in [0.25, 0.3) is 11.1 Å². The van der Waals surface area contributed by atoms with E-state index in [0.717, 1.165) is 12.3 Å². The lowest BCUT2D eigenvalue weighted by atomic mass is 10.1. The number of benzene rings is 2. The van der Waals surface area contributed by atoms with Gasteiger partial charge in [-0.25, -0.2) is 8.42 Å². The van der Waals surface area contributed by atoms with Crippen molar-refractivity contribution in [2.75, 3.05) is 19.4 Å². The van der Waals surface area contributed by atoms with Gasteiger partial charge in [-0.05, 0) is 35.4 Å². The van der Waals surface area contributed by atoms with Crippen molar-refractivity contribution < 1.29 is 31.1 Å². The summed E-state index contributed by atoms with van der Waals surface area (Å²) in [5.74, 6) is -0.631. The fraction of sp³-hybridized carbons (Fsp3) is 0.250. The van der Waals surface area contributed by atoms with Crippen LogP contribution in [0.15, 0.2) is 47.4 Å². The molecule has 2 aromatic rings. The summed E-state index contributed by atoms with van der Waals surface area (Å²) in [7, 11) is -3.44.